The normalized spacial score (nSPS) is 16.6. The fourth-order valence-corrected chi connectivity index (χ4v) is 5.04. The van der Waals surface area contributed by atoms with E-state index in [1.807, 2.05) is 18.2 Å². The van der Waals surface area contributed by atoms with Crippen LogP contribution in [0.4, 0.5) is 9.59 Å². The van der Waals surface area contributed by atoms with Gasteiger partial charge < -0.3 is 35.3 Å². The Kier molecular flexibility index (Phi) is 16.4. The zero-order valence-electron chi connectivity index (χ0n) is 23.2. The molecule has 0 heterocycles. The van der Waals surface area contributed by atoms with Gasteiger partial charge in [-0.15, -0.1) is 0 Å². The molecule has 2 fully saturated rings. The molecule has 2 saturated carbocycles. The van der Waals surface area contributed by atoms with Crippen LogP contribution in [0.25, 0.3) is 0 Å². The van der Waals surface area contributed by atoms with Gasteiger partial charge in [0.05, 0.1) is 24.1 Å². The largest absolute Gasteiger partial charge is 0.548 e. The predicted molar refractivity (Wildman–Crippen MR) is 148 cm³/mol. The first-order chi connectivity index (χ1) is 19.0. The summed E-state index contributed by atoms with van der Waals surface area (Å²) < 4.78 is 9.71. The molecule has 9 heteroatoms. The fourth-order valence-electron chi connectivity index (χ4n) is 5.04. The maximum Gasteiger partial charge on any atom is 0.407 e. The molecule has 1 aromatic carbocycles. The van der Waals surface area contributed by atoms with Crippen LogP contribution in [0.15, 0.2) is 43.0 Å². The molecule has 0 aliphatic heterocycles. The van der Waals surface area contributed by atoms with Gasteiger partial charge in [-0.05, 0) is 76.2 Å². The lowest BCUT2D eigenvalue weighted by molar-refractivity contribution is -0.725. The van der Waals surface area contributed by atoms with Crippen LogP contribution >= 0.6 is 0 Å². The number of ether oxygens (including phenoxy) is 2. The number of carboxylic acid groups (broad SMARTS) is 1. The highest BCUT2D eigenvalue weighted by molar-refractivity contribution is 5.78. The number of quaternary nitrogens is 1. The Morgan fingerprint density at radius 2 is 1.54 bits per heavy atom. The summed E-state index contributed by atoms with van der Waals surface area (Å²) >= 11 is 0. The third-order valence-electron chi connectivity index (χ3n) is 7.15. The number of carboxylic acids is 1. The van der Waals surface area contributed by atoms with Crippen molar-refractivity contribution in [2.75, 3.05) is 13.2 Å². The molecule has 2 amide bonds. The summed E-state index contributed by atoms with van der Waals surface area (Å²) in [5, 5.41) is 18.6. The summed E-state index contributed by atoms with van der Waals surface area (Å²) in [4.78, 5) is 34.0. The minimum atomic E-state index is -1.39. The molecule has 2 aliphatic carbocycles. The number of aliphatic carboxylic acids is 1. The van der Waals surface area contributed by atoms with Gasteiger partial charge in [0.15, 0.2) is 0 Å². The molecule has 0 radical (unpaired) electrons. The minimum Gasteiger partial charge on any atom is -0.548 e. The molecule has 1 atom stereocenters. The van der Waals surface area contributed by atoms with E-state index in [2.05, 4.69) is 22.5 Å². The first-order valence-corrected chi connectivity index (χ1v) is 14.5. The highest BCUT2D eigenvalue weighted by Gasteiger charge is 2.22. The Morgan fingerprint density at radius 3 is 2.10 bits per heavy atom. The van der Waals surface area contributed by atoms with Crippen LogP contribution in [0.3, 0.4) is 0 Å². The second-order valence-corrected chi connectivity index (χ2v) is 10.4. The van der Waals surface area contributed by atoms with Crippen LogP contribution in [0.5, 0.6) is 0 Å². The third kappa shape index (κ3) is 15.2. The molecule has 0 saturated heterocycles. The van der Waals surface area contributed by atoms with Gasteiger partial charge in [-0.2, -0.15) is 0 Å². The topological polar surface area (TPSA) is 133 Å². The average molecular weight is 546 g/mol. The fraction of sp³-hybridized carbons (Fsp3) is 0.633. The van der Waals surface area contributed by atoms with Crippen molar-refractivity contribution in [2.24, 2.45) is 0 Å². The summed E-state index contributed by atoms with van der Waals surface area (Å²) in [5.74, 6) is -1.39. The number of nitrogens with one attached hydrogen (secondary N) is 2. The van der Waals surface area contributed by atoms with Crippen molar-refractivity contribution >= 4 is 18.2 Å². The summed E-state index contributed by atoms with van der Waals surface area (Å²) in [6, 6.07) is 9.86. The molecule has 2 aliphatic rings. The maximum atomic E-state index is 11.7. The molecule has 4 N–H and O–H groups in total. The van der Waals surface area contributed by atoms with Crippen molar-refractivity contribution in [2.45, 2.75) is 108 Å². The van der Waals surface area contributed by atoms with Crippen LogP contribution in [0.2, 0.25) is 0 Å². The van der Waals surface area contributed by atoms with Crippen molar-refractivity contribution in [1.29, 1.82) is 0 Å². The van der Waals surface area contributed by atoms with E-state index in [1.54, 1.807) is 12.1 Å². The quantitative estimate of drug-likeness (QED) is 0.257. The molecule has 9 nitrogen and oxygen atoms in total. The second-order valence-electron chi connectivity index (χ2n) is 10.4. The Bertz CT molecular complexity index is 822. The number of rotatable bonds is 13. The molecule has 0 spiro atoms. The van der Waals surface area contributed by atoms with Gasteiger partial charge in [0, 0.05) is 6.54 Å². The van der Waals surface area contributed by atoms with Gasteiger partial charge in [0.1, 0.15) is 13.2 Å². The van der Waals surface area contributed by atoms with E-state index in [0.717, 1.165) is 17.6 Å². The number of carbonyl (C=O) groups excluding carboxylic acids is 3. The monoisotopic (exact) mass is 545 g/mol. The lowest BCUT2D eigenvalue weighted by Crippen LogP contribution is -2.95. The van der Waals surface area contributed by atoms with Gasteiger partial charge in [-0.1, -0.05) is 55.8 Å². The van der Waals surface area contributed by atoms with E-state index < -0.39 is 24.2 Å². The maximum absolute atomic E-state index is 11.7. The van der Waals surface area contributed by atoms with Gasteiger partial charge in [-0.25, -0.2) is 9.59 Å². The lowest BCUT2D eigenvalue weighted by atomic mass is 9.91. The smallest absolute Gasteiger partial charge is 0.407 e. The zero-order chi connectivity index (χ0) is 28.1. The number of benzene rings is 1. The molecule has 0 aromatic heterocycles. The standard InChI is InChI=1S/C18H24N2O6.C12H23N/c1-2-12-25-17(23)19-11-7-6-10-15(16(21)22)20-18(24)26-13-14-8-4-3-5-9-14;1-3-7-11(8-4-1)13-12-9-5-2-6-10-12/h2-5,8-9,15H,1,6-7,10-13H2,(H,19,23)(H,20,24)(H,21,22);11-13H,1-10H2/t15-;/m1./s1. The van der Waals surface area contributed by atoms with E-state index >= 15 is 0 Å². The second kappa shape index (κ2) is 19.9. The number of amides is 2. The Hall–Kier alpha value is -3.07. The summed E-state index contributed by atoms with van der Waals surface area (Å²) in [5.41, 5.74) is 0.794. The first kappa shape index (κ1) is 32.1. The molecule has 0 unspecified atom stereocenters. The molecule has 0 bridgehead atoms. The van der Waals surface area contributed by atoms with Gasteiger partial charge in [0.25, 0.3) is 0 Å². The van der Waals surface area contributed by atoms with Gasteiger partial charge in [-0.3, -0.25) is 0 Å². The predicted octanol–water partition coefficient (Wildman–Crippen LogP) is 3.33. The van der Waals surface area contributed by atoms with Gasteiger partial charge >= 0.3 is 12.2 Å². The summed E-state index contributed by atoms with van der Waals surface area (Å²) in [7, 11) is 0. The van der Waals surface area contributed by atoms with Crippen LogP contribution in [0.1, 0.15) is 89.0 Å². The molecular weight excluding hydrogens is 498 g/mol. The molecule has 218 valence electrons. The van der Waals surface area contributed by atoms with E-state index in [-0.39, 0.29) is 19.6 Å². The summed E-state index contributed by atoms with van der Waals surface area (Å²) in [6.07, 6.45) is 16.2. The highest BCUT2D eigenvalue weighted by atomic mass is 16.6. The molecule has 3 rings (SSSR count). The number of carbonyl (C=O) groups is 3. The molecule has 39 heavy (non-hydrogen) atoms. The van der Waals surface area contributed by atoms with Crippen LogP contribution in [-0.2, 0) is 20.9 Å². The van der Waals surface area contributed by atoms with Crippen molar-refractivity contribution in [3.8, 4) is 0 Å². The lowest BCUT2D eigenvalue weighted by Gasteiger charge is -2.27. The number of hydrogen-bond donors (Lipinski definition) is 3. The first-order valence-electron chi connectivity index (χ1n) is 14.5. The SMILES string of the molecule is C1CCC([NH2+]C2CCCCC2)CC1.C=CCOC(=O)NCCCC[C@@H](NC(=O)OCc1ccccc1)C(=O)[O-]. The van der Waals surface area contributed by atoms with E-state index in [0.29, 0.717) is 19.4 Å². The third-order valence-corrected chi connectivity index (χ3v) is 7.15. The van der Waals surface area contributed by atoms with Crippen LogP contribution in [0, 0.1) is 0 Å². The Morgan fingerprint density at radius 1 is 0.923 bits per heavy atom. The van der Waals surface area contributed by atoms with Crippen molar-refractivity contribution in [3.63, 3.8) is 0 Å². The number of unbranched alkanes of at least 4 members (excludes halogenated alkanes) is 1. The minimum absolute atomic E-state index is 0.0448. The van der Waals surface area contributed by atoms with E-state index in [4.69, 9.17) is 9.47 Å². The zero-order valence-corrected chi connectivity index (χ0v) is 23.2. The number of alkyl carbamates (subject to hydrolysis) is 2. The Labute approximate surface area is 233 Å². The van der Waals surface area contributed by atoms with E-state index in [9.17, 15) is 19.5 Å². The number of nitrogens with two attached hydrogens (primary N) is 1. The highest BCUT2D eigenvalue weighted by Crippen LogP contribution is 2.18. The van der Waals surface area contributed by atoms with E-state index in [1.165, 1.54) is 70.3 Å². The summed E-state index contributed by atoms with van der Waals surface area (Å²) in [6.45, 7) is 3.91. The van der Waals surface area contributed by atoms with Crippen molar-refractivity contribution < 1.29 is 34.3 Å². The van der Waals surface area contributed by atoms with Crippen molar-refractivity contribution in [3.05, 3.63) is 48.6 Å². The average Bonchev–Trinajstić information content (AvgIpc) is 2.96. The number of hydrogen-bond acceptors (Lipinski definition) is 6. The van der Waals surface area contributed by atoms with Gasteiger partial charge in [0.2, 0.25) is 0 Å². The Balaban J connectivity index is 0.000000338. The van der Waals surface area contributed by atoms with Crippen molar-refractivity contribution in [1.82, 2.24) is 10.6 Å². The molecule has 1 aromatic rings. The van der Waals surface area contributed by atoms with Crippen LogP contribution < -0.4 is 21.1 Å². The van der Waals surface area contributed by atoms with Crippen LogP contribution in [-0.4, -0.2) is 49.4 Å². The molecular formula is C30H47N3O6.